The number of aromatic nitrogens is 1. The lowest BCUT2D eigenvalue weighted by atomic mass is 10.2. The van der Waals surface area contributed by atoms with Crippen LogP contribution in [0.1, 0.15) is 10.4 Å². The highest BCUT2D eigenvalue weighted by Gasteiger charge is 2.13. The molecule has 4 nitrogen and oxygen atoms in total. The average Bonchev–Trinajstić information content (AvgIpc) is 2.35. The largest absolute Gasteiger partial charge is 0.383 e. The Morgan fingerprint density at radius 2 is 2.16 bits per heavy atom. The minimum atomic E-state index is -0.631. The average molecular weight is 392 g/mol. The molecule has 0 fully saturated rings. The smallest absolute Gasteiger partial charge is 0.259 e. The zero-order chi connectivity index (χ0) is 14.0. The Morgan fingerprint density at radius 3 is 2.84 bits per heavy atom. The van der Waals surface area contributed by atoms with Gasteiger partial charge in [-0.15, -0.1) is 0 Å². The molecule has 0 aliphatic rings. The molecule has 0 unspecified atom stereocenters. The number of nitrogens with one attached hydrogen (secondary N) is 1. The molecule has 7 heteroatoms. The van der Waals surface area contributed by atoms with Crippen LogP contribution < -0.4 is 11.1 Å². The Hall–Kier alpha value is -1.41. The standard InChI is InChI=1S/C12H8ClFIN3O/c13-9-4-7(15)1-2-10(9)18-12(19)8-3-6(14)5-17-11(8)16/h1-5H,(H2,16,17)(H,18,19). The molecule has 0 saturated carbocycles. The van der Waals surface area contributed by atoms with E-state index in [2.05, 4.69) is 32.9 Å². The molecule has 1 aromatic carbocycles. The van der Waals surface area contributed by atoms with Gasteiger partial charge in [0.15, 0.2) is 0 Å². The van der Waals surface area contributed by atoms with E-state index in [1.165, 1.54) is 0 Å². The maximum Gasteiger partial charge on any atom is 0.259 e. The van der Waals surface area contributed by atoms with Crippen LogP contribution in [-0.4, -0.2) is 10.9 Å². The Kier molecular flexibility index (Phi) is 4.20. The zero-order valence-corrected chi connectivity index (χ0v) is 12.4. The summed E-state index contributed by atoms with van der Waals surface area (Å²) < 4.78 is 14.0. The lowest BCUT2D eigenvalue weighted by Crippen LogP contribution is -2.15. The van der Waals surface area contributed by atoms with E-state index in [-0.39, 0.29) is 11.4 Å². The number of hydrogen-bond acceptors (Lipinski definition) is 3. The molecule has 0 radical (unpaired) electrons. The van der Waals surface area contributed by atoms with E-state index in [0.717, 1.165) is 15.8 Å². The predicted molar refractivity (Wildman–Crippen MR) is 80.7 cm³/mol. The number of nitrogens with zero attached hydrogens (tertiary/aromatic N) is 1. The van der Waals surface area contributed by atoms with Gasteiger partial charge in [-0.05, 0) is 46.9 Å². The van der Waals surface area contributed by atoms with Crippen LogP contribution in [0.5, 0.6) is 0 Å². The molecule has 1 amide bonds. The zero-order valence-electron chi connectivity index (χ0n) is 9.45. The summed E-state index contributed by atoms with van der Waals surface area (Å²) in [6.07, 6.45) is 0.948. The lowest BCUT2D eigenvalue weighted by Gasteiger charge is -2.08. The molecule has 1 heterocycles. The fourth-order valence-electron chi connectivity index (χ4n) is 1.41. The second-order valence-corrected chi connectivity index (χ2v) is 5.32. The second kappa shape index (κ2) is 5.70. The maximum atomic E-state index is 13.1. The molecule has 0 aliphatic heterocycles. The van der Waals surface area contributed by atoms with E-state index < -0.39 is 11.7 Å². The van der Waals surface area contributed by atoms with Crippen molar-refractivity contribution in [1.82, 2.24) is 4.98 Å². The van der Waals surface area contributed by atoms with E-state index in [1.54, 1.807) is 18.2 Å². The molecule has 98 valence electrons. The lowest BCUT2D eigenvalue weighted by molar-refractivity contribution is 0.102. The molecule has 2 aromatic rings. The van der Waals surface area contributed by atoms with Crippen molar-refractivity contribution in [3.63, 3.8) is 0 Å². The van der Waals surface area contributed by atoms with E-state index in [0.29, 0.717) is 10.7 Å². The summed E-state index contributed by atoms with van der Waals surface area (Å²) >= 11 is 8.09. The number of anilines is 2. The van der Waals surface area contributed by atoms with Gasteiger partial charge in [-0.2, -0.15) is 0 Å². The van der Waals surface area contributed by atoms with Crippen LogP contribution in [0.2, 0.25) is 5.02 Å². The summed E-state index contributed by atoms with van der Waals surface area (Å²) in [5.41, 5.74) is 5.93. The molecule has 0 saturated heterocycles. The van der Waals surface area contributed by atoms with Crippen LogP contribution in [0.25, 0.3) is 0 Å². The molecular weight excluding hydrogens is 384 g/mol. The number of benzene rings is 1. The van der Waals surface area contributed by atoms with Gasteiger partial charge in [0.05, 0.1) is 22.5 Å². The first-order chi connectivity index (χ1) is 8.97. The number of carbonyl (C=O) groups excluding carboxylic acids is 1. The van der Waals surface area contributed by atoms with Crippen LogP contribution in [0.3, 0.4) is 0 Å². The van der Waals surface area contributed by atoms with Crippen LogP contribution in [0.4, 0.5) is 15.9 Å². The van der Waals surface area contributed by atoms with Gasteiger partial charge in [0.25, 0.3) is 5.91 Å². The van der Waals surface area contributed by atoms with Gasteiger partial charge < -0.3 is 11.1 Å². The Morgan fingerprint density at radius 1 is 1.42 bits per heavy atom. The minimum absolute atomic E-state index is 0.0328. The van der Waals surface area contributed by atoms with Gasteiger partial charge >= 0.3 is 0 Å². The highest BCUT2D eigenvalue weighted by molar-refractivity contribution is 14.1. The number of hydrogen-bond donors (Lipinski definition) is 2. The number of carbonyl (C=O) groups is 1. The molecular formula is C12H8ClFIN3O. The fourth-order valence-corrected chi connectivity index (χ4v) is 2.32. The van der Waals surface area contributed by atoms with Crippen molar-refractivity contribution < 1.29 is 9.18 Å². The van der Waals surface area contributed by atoms with Crippen molar-refractivity contribution in [2.75, 3.05) is 11.1 Å². The molecule has 2 rings (SSSR count). The summed E-state index contributed by atoms with van der Waals surface area (Å²) in [4.78, 5) is 15.6. The predicted octanol–water partition coefficient (Wildman–Crippen LogP) is 3.31. The molecule has 0 spiro atoms. The quantitative estimate of drug-likeness (QED) is 0.772. The first-order valence-corrected chi connectivity index (χ1v) is 6.60. The van der Waals surface area contributed by atoms with Crippen molar-refractivity contribution in [2.45, 2.75) is 0 Å². The van der Waals surface area contributed by atoms with Crippen molar-refractivity contribution in [3.05, 3.63) is 50.4 Å². The van der Waals surface area contributed by atoms with Crippen molar-refractivity contribution >= 4 is 51.6 Å². The van der Waals surface area contributed by atoms with E-state index >= 15 is 0 Å². The summed E-state index contributed by atoms with van der Waals surface area (Å²) in [6.45, 7) is 0. The third kappa shape index (κ3) is 3.32. The van der Waals surface area contributed by atoms with E-state index in [9.17, 15) is 9.18 Å². The Bertz CT molecular complexity index is 651. The third-order valence-corrected chi connectivity index (χ3v) is 3.29. The molecule has 1 aromatic heterocycles. The highest BCUT2D eigenvalue weighted by atomic mass is 127. The number of amides is 1. The summed E-state index contributed by atoms with van der Waals surface area (Å²) in [5.74, 6) is -1.24. The van der Waals surface area contributed by atoms with Crippen molar-refractivity contribution in [3.8, 4) is 0 Å². The molecule has 0 bridgehead atoms. The van der Waals surface area contributed by atoms with Gasteiger partial charge in [-0.1, -0.05) is 11.6 Å². The number of nitrogen functional groups attached to an aromatic ring is 1. The third-order valence-electron chi connectivity index (χ3n) is 2.31. The van der Waals surface area contributed by atoms with E-state index in [4.69, 9.17) is 17.3 Å². The molecule has 19 heavy (non-hydrogen) atoms. The van der Waals surface area contributed by atoms with Gasteiger partial charge in [-0.25, -0.2) is 9.37 Å². The van der Waals surface area contributed by atoms with Crippen molar-refractivity contribution in [1.29, 1.82) is 0 Å². The van der Waals surface area contributed by atoms with E-state index in [1.807, 2.05) is 0 Å². The van der Waals surface area contributed by atoms with Crippen LogP contribution in [-0.2, 0) is 0 Å². The maximum absolute atomic E-state index is 13.1. The topological polar surface area (TPSA) is 68.0 Å². The van der Waals surface area contributed by atoms with Gasteiger partial charge in [-0.3, -0.25) is 4.79 Å². The minimum Gasteiger partial charge on any atom is -0.383 e. The molecule has 0 aliphatic carbocycles. The summed E-state index contributed by atoms with van der Waals surface area (Å²) in [6, 6.07) is 6.17. The van der Waals surface area contributed by atoms with Crippen molar-refractivity contribution in [2.24, 2.45) is 0 Å². The van der Waals surface area contributed by atoms with Gasteiger partial charge in [0, 0.05) is 3.57 Å². The highest BCUT2D eigenvalue weighted by Crippen LogP contribution is 2.24. The monoisotopic (exact) mass is 391 g/mol. The SMILES string of the molecule is Nc1ncc(F)cc1C(=O)Nc1ccc(I)cc1Cl. The number of nitrogens with two attached hydrogens (primary N) is 1. The molecule has 0 atom stereocenters. The van der Waals surface area contributed by atoms with Crippen LogP contribution in [0, 0.1) is 9.39 Å². The number of halogens is 3. The summed E-state index contributed by atoms with van der Waals surface area (Å²) in [5, 5.41) is 2.95. The second-order valence-electron chi connectivity index (χ2n) is 3.66. The first-order valence-electron chi connectivity index (χ1n) is 5.15. The number of rotatable bonds is 2. The summed E-state index contributed by atoms with van der Waals surface area (Å²) in [7, 11) is 0. The van der Waals surface area contributed by atoms with Crippen LogP contribution >= 0.6 is 34.2 Å². The Balaban J connectivity index is 2.28. The van der Waals surface area contributed by atoms with Gasteiger partial charge in [0.2, 0.25) is 0 Å². The van der Waals surface area contributed by atoms with Gasteiger partial charge in [0.1, 0.15) is 11.6 Å². The first kappa shape index (κ1) is 14.0. The normalized spacial score (nSPS) is 10.3. The molecule has 3 N–H and O–H groups in total. The Labute approximate surface area is 127 Å². The fraction of sp³-hybridized carbons (Fsp3) is 0. The van der Waals surface area contributed by atoms with Crippen LogP contribution in [0.15, 0.2) is 30.5 Å². The number of pyridine rings is 1.